The number of ether oxygens (including phenoxy) is 2. The zero-order valence-electron chi connectivity index (χ0n) is 10.5. The standard InChI is InChI=1S/C13H17F2NO2/c1-17-10-3-4-12(18-2)11(7-10)13(14,15)9-5-6-16-8-9/h3-4,7,9,16H,5-6,8H2,1-2H3. The molecule has 1 unspecified atom stereocenters. The third-order valence-electron chi connectivity index (χ3n) is 3.34. The molecule has 1 fully saturated rings. The van der Waals surface area contributed by atoms with Gasteiger partial charge in [0, 0.05) is 12.5 Å². The molecule has 0 bridgehead atoms. The van der Waals surface area contributed by atoms with Gasteiger partial charge in [0.05, 0.1) is 19.8 Å². The Labute approximate surface area is 105 Å². The Morgan fingerprint density at radius 1 is 1.28 bits per heavy atom. The van der Waals surface area contributed by atoms with Gasteiger partial charge in [-0.05, 0) is 31.2 Å². The summed E-state index contributed by atoms with van der Waals surface area (Å²) in [5.41, 5.74) is -0.0990. The van der Waals surface area contributed by atoms with Crippen LogP contribution in [0.25, 0.3) is 0 Å². The van der Waals surface area contributed by atoms with Crippen LogP contribution in [-0.4, -0.2) is 27.3 Å². The fourth-order valence-corrected chi connectivity index (χ4v) is 2.26. The van der Waals surface area contributed by atoms with Gasteiger partial charge in [-0.2, -0.15) is 0 Å². The summed E-state index contributed by atoms with van der Waals surface area (Å²) in [4.78, 5) is 0. The number of rotatable bonds is 4. The van der Waals surface area contributed by atoms with E-state index in [1.165, 1.54) is 26.4 Å². The second-order valence-electron chi connectivity index (χ2n) is 4.38. The molecule has 1 aliphatic heterocycles. The van der Waals surface area contributed by atoms with Crippen molar-refractivity contribution in [3.05, 3.63) is 23.8 Å². The van der Waals surface area contributed by atoms with Crippen molar-refractivity contribution < 1.29 is 18.3 Å². The minimum Gasteiger partial charge on any atom is -0.497 e. The lowest BCUT2D eigenvalue weighted by Crippen LogP contribution is -2.28. The molecule has 0 radical (unpaired) electrons. The van der Waals surface area contributed by atoms with Gasteiger partial charge in [-0.25, -0.2) is 8.78 Å². The third-order valence-corrected chi connectivity index (χ3v) is 3.34. The van der Waals surface area contributed by atoms with Crippen molar-refractivity contribution in [1.29, 1.82) is 0 Å². The van der Waals surface area contributed by atoms with E-state index in [0.29, 0.717) is 25.3 Å². The Kier molecular flexibility index (Phi) is 3.71. The van der Waals surface area contributed by atoms with Crippen LogP contribution in [0.2, 0.25) is 0 Å². The van der Waals surface area contributed by atoms with E-state index in [1.807, 2.05) is 0 Å². The number of hydrogen-bond acceptors (Lipinski definition) is 3. The Bertz CT molecular complexity index is 417. The van der Waals surface area contributed by atoms with Crippen molar-refractivity contribution in [3.8, 4) is 11.5 Å². The van der Waals surface area contributed by atoms with E-state index in [-0.39, 0.29) is 11.3 Å². The first kappa shape index (κ1) is 13.1. The minimum atomic E-state index is -2.91. The Hall–Kier alpha value is -1.36. The van der Waals surface area contributed by atoms with Gasteiger partial charge in [0.1, 0.15) is 11.5 Å². The lowest BCUT2D eigenvalue weighted by atomic mass is 9.93. The largest absolute Gasteiger partial charge is 0.497 e. The molecule has 2 rings (SSSR count). The van der Waals surface area contributed by atoms with Crippen molar-refractivity contribution in [1.82, 2.24) is 5.32 Å². The SMILES string of the molecule is COc1ccc(OC)c(C(F)(F)C2CCNC2)c1. The number of hydrogen-bond donors (Lipinski definition) is 1. The lowest BCUT2D eigenvalue weighted by molar-refractivity contribution is -0.0593. The summed E-state index contributed by atoms with van der Waals surface area (Å²) in [6.07, 6.45) is 0.466. The molecule has 0 aromatic heterocycles. The summed E-state index contributed by atoms with van der Waals surface area (Å²) >= 11 is 0. The normalized spacial score (nSPS) is 19.9. The summed E-state index contributed by atoms with van der Waals surface area (Å²) < 4.78 is 38.9. The molecule has 1 atom stereocenters. The van der Waals surface area contributed by atoms with Crippen LogP contribution in [-0.2, 0) is 5.92 Å². The van der Waals surface area contributed by atoms with Crippen LogP contribution in [0, 0.1) is 5.92 Å². The number of benzene rings is 1. The molecule has 1 aliphatic rings. The molecule has 1 saturated heterocycles. The van der Waals surface area contributed by atoms with Crippen molar-refractivity contribution in [3.63, 3.8) is 0 Å². The van der Waals surface area contributed by atoms with E-state index in [0.717, 1.165) is 0 Å². The topological polar surface area (TPSA) is 30.5 Å². The molecule has 1 aromatic rings. The summed E-state index contributed by atoms with van der Waals surface area (Å²) in [7, 11) is 2.86. The second-order valence-corrected chi connectivity index (χ2v) is 4.38. The highest BCUT2D eigenvalue weighted by molar-refractivity contribution is 5.43. The molecular weight excluding hydrogens is 240 g/mol. The van der Waals surface area contributed by atoms with E-state index >= 15 is 0 Å². The molecule has 0 saturated carbocycles. The summed E-state index contributed by atoms with van der Waals surface area (Å²) in [5, 5.41) is 2.96. The molecule has 0 amide bonds. The van der Waals surface area contributed by atoms with E-state index in [1.54, 1.807) is 6.07 Å². The van der Waals surface area contributed by atoms with Crippen LogP contribution in [0.1, 0.15) is 12.0 Å². The quantitative estimate of drug-likeness (QED) is 0.898. The Morgan fingerprint density at radius 2 is 2.06 bits per heavy atom. The predicted molar refractivity (Wildman–Crippen MR) is 64.4 cm³/mol. The minimum absolute atomic E-state index is 0.0990. The average molecular weight is 257 g/mol. The number of alkyl halides is 2. The van der Waals surface area contributed by atoms with Crippen molar-refractivity contribution in [2.45, 2.75) is 12.3 Å². The molecule has 1 aromatic carbocycles. The maximum atomic E-state index is 14.4. The highest BCUT2D eigenvalue weighted by Gasteiger charge is 2.44. The highest BCUT2D eigenvalue weighted by Crippen LogP contribution is 2.44. The molecule has 5 heteroatoms. The summed E-state index contributed by atoms with van der Waals surface area (Å²) in [6.45, 7) is 0.958. The first-order valence-corrected chi connectivity index (χ1v) is 5.90. The third kappa shape index (κ3) is 2.27. The molecule has 0 spiro atoms. The number of methoxy groups -OCH3 is 2. The van der Waals surface area contributed by atoms with Crippen LogP contribution >= 0.6 is 0 Å². The van der Waals surface area contributed by atoms with Crippen LogP contribution in [0.5, 0.6) is 11.5 Å². The van der Waals surface area contributed by atoms with Crippen LogP contribution in [0.3, 0.4) is 0 Å². The van der Waals surface area contributed by atoms with Gasteiger partial charge in [0.25, 0.3) is 5.92 Å². The van der Waals surface area contributed by atoms with Gasteiger partial charge >= 0.3 is 0 Å². The maximum Gasteiger partial charge on any atom is 0.280 e. The van der Waals surface area contributed by atoms with Crippen molar-refractivity contribution in [2.75, 3.05) is 27.3 Å². The smallest absolute Gasteiger partial charge is 0.280 e. The monoisotopic (exact) mass is 257 g/mol. The van der Waals surface area contributed by atoms with E-state index < -0.39 is 11.8 Å². The van der Waals surface area contributed by atoms with E-state index in [9.17, 15) is 8.78 Å². The van der Waals surface area contributed by atoms with Gasteiger partial charge in [0.2, 0.25) is 0 Å². The molecule has 3 nitrogen and oxygen atoms in total. The molecule has 1 heterocycles. The average Bonchev–Trinajstić information content (AvgIpc) is 2.92. The second kappa shape index (κ2) is 5.10. The molecular formula is C13H17F2NO2. The first-order valence-electron chi connectivity index (χ1n) is 5.90. The number of halogens is 2. The summed E-state index contributed by atoms with van der Waals surface area (Å²) in [6, 6.07) is 4.49. The van der Waals surface area contributed by atoms with Crippen molar-refractivity contribution in [2.24, 2.45) is 5.92 Å². The van der Waals surface area contributed by atoms with Crippen molar-refractivity contribution >= 4 is 0 Å². The lowest BCUT2D eigenvalue weighted by Gasteiger charge is -2.25. The maximum absolute atomic E-state index is 14.4. The van der Waals surface area contributed by atoms with Gasteiger partial charge in [-0.3, -0.25) is 0 Å². The fourth-order valence-electron chi connectivity index (χ4n) is 2.26. The van der Waals surface area contributed by atoms with E-state index in [2.05, 4.69) is 5.32 Å². The van der Waals surface area contributed by atoms with Gasteiger partial charge in [-0.1, -0.05) is 0 Å². The molecule has 18 heavy (non-hydrogen) atoms. The Balaban J connectivity index is 2.40. The fraction of sp³-hybridized carbons (Fsp3) is 0.538. The zero-order chi connectivity index (χ0) is 13.2. The first-order chi connectivity index (χ1) is 8.59. The number of nitrogens with one attached hydrogen (secondary N) is 1. The van der Waals surface area contributed by atoms with E-state index in [4.69, 9.17) is 9.47 Å². The van der Waals surface area contributed by atoms with Crippen LogP contribution < -0.4 is 14.8 Å². The highest BCUT2D eigenvalue weighted by atomic mass is 19.3. The van der Waals surface area contributed by atoms with Gasteiger partial charge in [-0.15, -0.1) is 0 Å². The van der Waals surface area contributed by atoms with Crippen LogP contribution in [0.4, 0.5) is 8.78 Å². The summed E-state index contributed by atoms with van der Waals surface area (Å²) in [5.74, 6) is -2.99. The van der Waals surface area contributed by atoms with Gasteiger partial charge in [0.15, 0.2) is 0 Å². The molecule has 1 N–H and O–H groups in total. The predicted octanol–water partition coefficient (Wildman–Crippen LogP) is 2.41. The molecule has 0 aliphatic carbocycles. The molecule has 100 valence electrons. The zero-order valence-corrected chi connectivity index (χ0v) is 10.5. The van der Waals surface area contributed by atoms with Crippen LogP contribution in [0.15, 0.2) is 18.2 Å². The van der Waals surface area contributed by atoms with Gasteiger partial charge < -0.3 is 14.8 Å². The Morgan fingerprint density at radius 3 is 2.61 bits per heavy atom.